The van der Waals surface area contributed by atoms with Gasteiger partial charge in [0.05, 0.1) is 23.8 Å². The maximum atomic E-state index is 15.4. The third-order valence-corrected chi connectivity index (χ3v) is 8.82. The number of carbonyl (C=O) groups is 3. The van der Waals surface area contributed by atoms with Crippen LogP contribution in [0.4, 0.5) is 44.2 Å². The van der Waals surface area contributed by atoms with Crippen LogP contribution in [0.5, 0.6) is 5.75 Å². The highest BCUT2D eigenvalue weighted by molar-refractivity contribution is 6.04. The maximum absolute atomic E-state index is 15.4. The van der Waals surface area contributed by atoms with Crippen LogP contribution in [-0.2, 0) is 11.3 Å². The Balaban J connectivity index is 1.62. The lowest BCUT2D eigenvalue weighted by atomic mass is 9.95. The molecule has 2 aliphatic rings. The average molecular weight is 738 g/mol. The molecule has 3 amide bonds. The second-order valence-electron chi connectivity index (χ2n) is 13.0. The van der Waals surface area contributed by atoms with Crippen molar-refractivity contribution in [3.63, 3.8) is 0 Å². The average Bonchev–Trinajstić information content (AvgIpc) is 3.61. The number of fused-ring (bicyclic) bond motifs is 1. The molecule has 3 N–H and O–H groups in total. The highest BCUT2D eigenvalue weighted by atomic mass is 19.4. The zero-order chi connectivity index (χ0) is 38.0. The van der Waals surface area contributed by atoms with Crippen molar-refractivity contribution in [2.75, 3.05) is 29.9 Å². The van der Waals surface area contributed by atoms with E-state index in [1.54, 1.807) is 13.8 Å². The Morgan fingerprint density at radius 1 is 0.962 bits per heavy atom. The predicted molar refractivity (Wildman–Crippen MR) is 186 cm³/mol. The molecule has 1 aromatic heterocycles. The first-order chi connectivity index (χ1) is 25.2. The molecule has 16 heteroatoms. The summed E-state index contributed by atoms with van der Waals surface area (Å²) >= 11 is 0. The molecule has 53 heavy (non-hydrogen) atoms. The van der Waals surface area contributed by atoms with Crippen molar-refractivity contribution in [1.82, 2.24) is 25.5 Å². The van der Waals surface area contributed by atoms with Crippen molar-refractivity contribution in [2.45, 2.75) is 58.4 Å². The number of rotatable bonds is 10. The smallest absolute Gasteiger partial charge is 0.418 e. The van der Waals surface area contributed by atoms with Crippen molar-refractivity contribution >= 4 is 35.4 Å². The van der Waals surface area contributed by atoms with Crippen LogP contribution in [0.2, 0.25) is 0 Å². The van der Waals surface area contributed by atoms with E-state index in [1.165, 1.54) is 19.1 Å². The lowest BCUT2D eigenvalue weighted by molar-refractivity contribution is -0.189. The van der Waals surface area contributed by atoms with Crippen LogP contribution in [0, 0.1) is 18.6 Å². The highest BCUT2D eigenvalue weighted by Gasteiger charge is 2.43. The first-order valence-corrected chi connectivity index (χ1v) is 16.9. The van der Waals surface area contributed by atoms with Gasteiger partial charge in [-0.2, -0.15) is 18.2 Å². The van der Waals surface area contributed by atoms with Crippen molar-refractivity contribution in [2.24, 2.45) is 0 Å². The van der Waals surface area contributed by atoms with E-state index in [-0.39, 0.29) is 40.7 Å². The minimum absolute atomic E-state index is 0.0161. The van der Waals surface area contributed by atoms with Crippen LogP contribution in [0.15, 0.2) is 60.7 Å². The van der Waals surface area contributed by atoms with Crippen molar-refractivity contribution in [1.29, 1.82) is 0 Å². The number of ether oxygens (including phenoxy) is 1. The molecule has 1 saturated heterocycles. The van der Waals surface area contributed by atoms with E-state index < -0.39 is 64.8 Å². The number of hydrogen-bond acceptors (Lipinski definition) is 8. The molecular weight excluding hydrogens is 701 g/mol. The summed E-state index contributed by atoms with van der Waals surface area (Å²) in [4.78, 5) is 51.6. The van der Waals surface area contributed by atoms with Gasteiger partial charge in [-0.25, -0.2) is 28.3 Å². The number of nitrogens with one attached hydrogen (secondary N) is 3. The number of amides is 3. The molecule has 1 fully saturated rings. The van der Waals surface area contributed by atoms with E-state index in [4.69, 9.17) is 9.72 Å². The number of likely N-dealkylation sites (tertiary alicyclic amines) is 1. The van der Waals surface area contributed by atoms with Gasteiger partial charge in [0, 0.05) is 23.7 Å². The summed E-state index contributed by atoms with van der Waals surface area (Å²) in [6, 6.07) is 13.1. The normalized spacial score (nSPS) is 15.2. The Morgan fingerprint density at radius 3 is 2.28 bits per heavy atom. The first kappa shape index (κ1) is 37.1. The van der Waals surface area contributed by atoms with E-state index in [2.05, 4.69) is 25.8 Å². The molecule has 0 bridgehead atoms. The van der Waals surface area contributed by atoms with Gasteiger partial charge < -0.3 is 25.6 Å². The molecule has 4 aromatic rings. The highest BCUT2D eigenvalue weighted by Crippen LogP contribution is 2.44. The summed E-state index contributed by atoms with van der Waals surface area (Å²) in [7, 11) is 0. The summed E-state index contributed by atoms with van der Waals surface area (Å²) in [6.45, 7) is 6.59. The second-order valence-corrected chi connectivity index (χ2v) is 13.0. The van der Waals surface area contributed by atoms with Crippen LogP contribution >= 0.6 is 0 Å². The fraction of sp³-hybridized carbons (Fsp3) is 0.324. The van der Waals surface area contributed by atoms with Crippen LogP contribution in [0.1, 0.15) is 59.8 Å². The van der Waals surface area contributed by atoms with E-state index in [0.29, 0.717) is 11.4 Å². The Bertz CT molecular complexity index is 2020. The molecule has 0 saturated carbocycles. The summed E-state index contributed by atoms with van der Waals surface area (Å²) in [5.41, 5.74) is -0.464. The number of carbonyl (C=O) groups excluding carboxylic acids is 3. The lowest BCUT2D eigenvalue weighted by Gasteiger charge is -2.32. The molecule has 2 aliphatic heterocycles. The van der Waals surface area contributed by atoms with E-state index >= 15 is 8.78 Å². The second kappa shape index (κ2) is 15.1. The van der Waals surface area contributed by atoms with E-state index in [0.717, 1.165) is 49.7 Å². The summed E-state index contributed by atoms with van der Waals surface area (Å²) in [5, 5.41) is 8.42. The number of benzene rings is 3. The van der Waals surface area contributed by atoms with Gasteiger partial charge in [-0.3, -0.25) is 4.79 Å². The van der Waals surface area contributed by atoms with Crippen molar-refractivity contribution in [3.8, 4) is 17.0 Å². The zero-order valence-electron chi connectivity index (χ0n) is 29.0. The Kier molecular flexibility index (Phi) is 10.6. The summed E-state index contributed by atoms with van der Waals surface area (Å²) < 4.78 is 77.0. The molecule has 1 atom stereocenters. The number of esters is 1. The topological polar surface area (TPSA) is 129 Å². The molecule has 3 aromatic carbocycles. The lowest BCUT2D eigenvalue weighted by Crippen LogP contribution is -2.43. The van der Waals surface area contributed by atoms with Gasteiger partial charge in [-0.15, -0.1) is 0 Å². The van der Waals surface area contributed by atoms with Crippen LogP contribution < -0.4 is 25.6 Å². The number of halogens is 5. The Labute approximate surface area is 301 Å². The summed E-state index contributed by atoms with van der Waals surface area (Å²) in [5.74, 6) is -6.83. The predicted octanol–water partition coefficient (Wildman–Crippen LogP) is 6.95. The van der Waals surface area contributed by atoms with Crippen molar-refractivity contribution < 1.29 is 41.1 Å². The van der Waals surface area contributed by atoms with Crippen LogP contribution in [-0.4, -0.2) is 64.6 Å². The molecule has 6 rings (SSSR count). The number of hydrogen-bond donors (Lipinski definition) is 3. The van der Waals surface area contributed by atoms with Gasteiger partial charge in [0.15, 0.2) is 11.6 Å². The molecule has 1 unspecified atom stereocenters. The molecule has 278 valence electrons. The van der Waals surface area contributed by atoms with Crippen LogP contribution in [0.25, 0.3) is 11.3 Å². The molecule has 11 nitrogen and oxygen atoms in total. The zero-order valence-corrected chi connectivity index (χ0v) is 29.0. The fourth-order valence-corrected chi connectivity index (χ4v) is 6.39. The standard InChI is InChI=1S/C37H36F5N7O4/c1-20(2)44-33(50)23-15-14-21(3)28(31(23)53-34(51)37(40,41)42)29-24-18-43-36(52)49(30-25(38)12-9-13-26(30)39)32(24)47-35(46-29)45-27(19-48-16-7-8-17-48)22-10-5-4-6-11-22/h4-6,9-15,20,27H,7-8,16-19H2,1-3H3,(H,43,52)(H,44,50)(H,45,46,47). The molecular formula is C37H36F5N7O4. The number of anilines is 3. The van der Waals surface area contributed by atoms with Crippen LogP contribution in [0.3, 0.4) is 0 Å². The number of urea groups is 1. The van der Waals surface area contributed by atoms with Gasteiger partial charge >= 0.3 is 18.2 Å². The van der Waals surface area contributed by atoms with Gasteiger partial charge in [-0.1, -0.05) is 42.5 Å². The number of nitrogens with zero attached hydrogens (tertiary/aromatic N) is 4. The third-order valence-electron chi connectivity index (χ3n) is 8.82. The molecule has 0 spiro atoms. The monoisotopic (exact) mass is 737 g/mol. The van der Waals surface area contributed by atoms with Gasteiger partial charge in [-0.05, 0) is 76.0 Å². The third kappa shape index (κ3) is 7.91. The largest absolute Gasteiger partial charge is 0.491 e. The quantitative estimate of drug-likeness (QED) is 0.0907. The summed E-state index contributed by atoms with van der Waals surface area (Å²) in [6.07, 6.45) is -3.45. The molecule has 3 heterocycles. The minimum atomic E-state index is -5.45. The minimum Gasteiger partial charge on any atom is -0.418 e. The number of alkyl halides is 3. The SMILES string of the molecule is Cc1ccc(C(=O)NC(C)C)c(OC(=O)C(F)(F)F)c1-c1nc(NC(CN2CCCC2)c2ccccc2)nc2c1CNC(=O)N2c1c(F)cccc1F. The first-order valence-electron chi connectivity index (χ1n) is 16.9. The fourth-order valence-electron chi connectivity index (χ4n) is 6.39. The van der Waals surface area contributed by atoms with Gasteiger partial charge in [0.1, 0.15) is 17.3 Å². The van der Waals surface area contributed by atoms with Crippen molar-refractivity contribution in [3.05, 3.63) is 94.6 Å². The number of para-hydroxylation sites is 1. The molecule has 0 aliphatic carbocycles. The van der Waals surface area contributed by atoms with Gasteiger partial charge in [0.2, 0.25) is 5.95 Å². The number of aromatic nitrogens is 2. The molecule has 0 radical (unpaired) electrons. The Morgan fingerprint density at radius 2 is 1.64 bits per heavy atom. The number of aryl methyl sites for hydroxylation is 1. The Hall–Kier alpha value is -5.64. The van der Waals surface area contributed by atoms with E-state index in [1.807, 2.05) is 30.3 Å². The van der Waals surface area contributed by atoms with E-state index in [9.17, 15) is 27.6 Å². The van der Waals surface area contributed by atoms with Gasteiger partial charge in [0.25, 0.3) is 5.91 Å². The maximum Gasteiger partial charge on any atom is 0.491 e.